The maximum absolute atomic E-state index is 14.4. The van der Waals surface area contributed by atoms with E-state index >= 15 is 0 Å². The zero-order valence-corrected chi connectivity index (χ0v) is 18.0. The minimum Gasteiger partial charge on any atom is -0.380 e. The van der Waals surface area contributed by atoms with Crippen molar-refractivity contribution in [1.29, 1.82) is 0 Å². The van der Waals surface area contributed by atoms with Crippen LogP contribution in [0, 0.1) is 5.82 Å². The molecular formula is C24H22FN3O2S. The summed E-state index contributed by atoms with van der Waals surface area (Å²) < 4.78 is 22.6. The van der Waals surface area contributed by atoms with Crippen molar-refractivity contribution in [1.82, 2.24) is 9.55 Å². The highest BCUT2D eigenvalue weighted by atomic mass is 32.1. The van der Waals surface area contributed by atoms with Crippen molar-refractivity contribution in [2.45, 2.75) is 32.4 Å². The van der Waals surface area contributed by atoms with E-state index in [-0.39, 0.29) is 18.3 Å². The number of imidazole rings is 1. The summed E-state index contributed by atoms with van der Waals surface area (Å²) in [7, 11) is 1.54. The van der Waals surface area contributed by atoms with Gasteiger partial charge < -0.3 is 14.6 Å². The van der Waals surface area contributed by atoms with Crippen LogP contribution in [0.4, 0.5) is 10.1 Å². The van der Waals surface area contributed by atoms with Crippen LogP contribution in [0.15, 0.2) is 48.7 Å². The lowest BCUT2D eigenvalue weighted by molar-refractivity contribution is 0.102. The van der Waals surface area contributed by atoms with Crippen molar-refractivity contribution in [3.63, 3.8) is 0 Å². The summed E-state index contributed by atoms with van der Waals surface area (Å²) in [6.07, 6.45) is 5.51. The molecule has 0 fully saturated rings. The SMILES string of the molecule is COCc1c(C(=O)Nc2ccc(-c3cn4c(n3)CCCC4)cc2)sc2cccc(F)c12. The molecule has 0 atom stereocenters. The van der Waals surface area contributed by atoms with Gasteiger partial charge in [-0.15, -0.1) is 11.3 Å². The maximum atomic E-state index is 14.4. The average Bonchev–Trinajstić information content (AvgIpc) is 3.37. The highest BCUT2D eigenvalue weighted by molar-refractivity contribution is 7.21. The minimum absolute atomic E-state index is 0.174. The van der Waals surface area contributed by atoms with Crippen LogP contribution in [0.3, 0.4) is 0 Å². The van der Waals surface area contributed by atoms with Crippen LogP contribution in [0.1, 0.15) is 33.9 Å². The first-order chi connectivity index (χ1) is 15.1. The van der Waals surface area contributed by atoms with E-state index in [9.17, 15) is 9.18 Å². The number of aromatic nitrogens is 2. The Morgan fingerprint density at radius 2 is 2.06 bits per heavy atom. The number of halogens is 1. The van der Waals surface area contributed by atoms with E-state index < -0.39 is 0 Å². The van der Waals surface area contributed by atoms with E-state index in [1.165, 1.54) is 30.2 Å². The van der Waals surface area contributed by atoms with E-state index in [2.05, 4.69) is 16.1 Å². The lowest BCUT2D eigenvalue weighted by atomic mass is 10.1. The molecule has 5 nitrogen and oxygen atoms in total. The van der Waals surface area contributed by atoms with Crippen LogP contribution in [-0.4, -0.2) is 22.6 Å². The van der Waals surface area contributed by atoms with E-state index in [1.54, 1.807) is 13.2 Å². The Morgan fingerprint density at radius 3 is 2.84 bits per heavy atom. The monoisotopic (exact) mass is 435 g/mol. The molecule has 0 saturated carbocycles. The molecule has 2 aromatic heterocycles. The van der Waals surface area contributed by atoms with Gasteiger partial charge in [0, 0.05) is 53.2 Å². The van der Waals surface area contributed by atoms with Gasteiger partial charge in [0.25, 0.3) is 5.91 Å². The van der Waals surface area contributed by atoms with E-state index in [0.29, 0.717) is 21.5 Å². The predicted molar refractivity (Wildman–Crippen MR) is 121 cm³/mol. The second kappa shape index (κ2) is 8.24. The van der Waals surface area contributed by atoms with Gasteiger partial charge in [-0.2, -0.15) is 0 Å². The van der Waals surface area contributed by atoms with Crippen LogP contribution >= 0.6 is 11.3 Å². The zero-order valence-electron chi connectivity index (χ0n) is 17.2. The lowest BCUT2D eigenvalue weighted by Gasteiger charge is -2.11. The largest absolute Gasteiger partial charge is 0.380 e. The molecule has 2 aromatic carbocycles. The topological polar surface area (TPSA) is 56.1 Å². The Kier molecular flexibility index (Phi) is 5.29. The molecule has 4 aromatic rings. The zero-order chi connectivity index (χ0) is 21.4. The number of hydrogen-bond acceptors (Lipinski definition) is 4. The van der Waals surface area contributed by atoms with Crippen LogP contribution in [0.2, 0.25) is 0 Å². The van der Waals surface area contributed by atoms with Crippen molar-refractivity contribution in [2.75, 3.05) is 12.4 Å². The number of thiophene rings is 1. The summed E-state index contributed by atoms with van der Waals surface area (Å²) >= 11 is 1.28. The van der Waals surface area contributed by atoms with E-state index in [1.807, 2.05) is 30.3 Å². The molecule has 0 aliphatic carbocycles. The Morgan fingerprint density at radius 1 is 1.23 bits per heavy atom. The van der Waals surface area contributed by atoms with E-state index in [4.69, 9.17) is 9.72 Å². The number of hydrogen-bond donors (Lipinski definition) is 1. The normalized spacial score (nSPS) is 13.4. The fourth-order valence-electron chi connectivity index (χ4n) is 4.10. The fourth-order valence-corrected chi connectivity index (χ4v) is 5.21. The Labute approximate surface area is 183 Å². The van der Waals surface area contributed by atoms with Crippen molar-refractivity contribution < 1.29 is 13.9 Å². The number of fused-ring (bicyclic) bond motifs is 2. The van der Waals surface area contributed by atoms with Crippen molar-refractivity contribution in [3.8, 4) is 11.3 Å². The number of methoxy groups -OCH3 is 1. The first-order valence-corrected chi connectivity index (χ1v) is 11.1. The molecule has 1 N–H and O–H groups in total. The molecule has 5 rings (SSSR count). The number of nitrogens with one attached hydrogen (secondary N) is 1. The van der Waals surface area contributed by atoms with Gasteiger partial charge in [-0.05, 0) is 37.1 Å². The molecule has 0 bridgehead atoms. The van der Waals surface area contributed by atoms with Gasteiger partial charge >= 0.3 is 0 Å². The summed E-state index contributed by atoms with van der Waals surface area (Å²) in [4.78, 5) is 18.2. The number of carbonyl (C=O) groups excluding carboxylic acids is 1. The Hall–Kier alpha value is -3.03. The number of amides is 1. The molecule has 31 heavy (non-hydrogen) atoms. The van der Waals surface area contributed by atoms with Gasteiger partial charge in [-0.3, -0.25) is 4.79 Å². The summed E-state index contributed by atoms with van der Waals surface area (Å²) in [5.74, 6) is 0.533. The van der Waals surface area contributed by atoms with Crippen molar-refractivity contribution in [3.05, 3.63) is 70.7 Å². The van der Waals surface area contributed by atoms with Gasteiger partial charge in [0.05, 0.1) is 17.2 Å². The first kappa shape index (κ1) is 19.9. The third-order valence-corrected chi connectivity index (χ3v) is 6.80. The van der Waals surface area contributed by atoms with Crippen molar-refractivity contribution >= 4 is 33.0 Å². The predicted octanol–water partition coefficient (Wildman–Crippen LogP) is 5.64. The first-order valence-electron chi connectivity index (χ1n) is 10.3. The standard InChI is InChI=1S/C24H22FN3O2S/c1-30-14-17-22-18(25)5-4-6-20(22)31-23(17)24(29)26-16-10-8-15(9-11-16)19-13-28-12-3-2-7-21(28)27-19/h4-6,8-11,13H,2-3,7,12,14H2,1H3,(H,26,29). The van der Waals surface area contributed by atoms with Gasteiger partial charge in [0.1, 0.15) is 11.6 Å². The second-order valence-electron chi connectivity index (χ2n) is 7.68. The highest BCUT2D eigenvalue weighted by Gasteiger charge is 2.21. The number of rotatable bonds is 5. The van der Waals surface area contributed by atoms with Crippen molar-refractivity contribution in [2.24, 2.45) is 0 Å². The number of ether oxygens (including phenoxy) is 1. The molecule has 3 heterocycles. The average molecular weight is 436 g/mol. The summed E-state index contributed by atoms with van der Waals surface area (Å²) in [6.45, 7) is 1.20. The van der Waals surface area contributed by atoms with Crippen LogP contribution in [-0.2, 0) is 24.3 Å². The molecule has 158 valence electrons. The Bertz CT molecular complexity index is 1240. The minimum atomic E-state index is -0.341. The highest BCUT2D eigenvalue weighted by Crippen LogP contribution is 2.34. The second-order valence-corrected chi connectivity index (χ2v) is 8.73. The quantitative estimate of drug-likeness (QED) is 0.441. The number of carbonyl (C=O) groups is 1. The summed E-state index contributed by atoms with van der Waals surface area (Å²) in [5.41, 5.74) is 3.23. The molecular weight excluding hydrogens is 413 g/mol. The summed E-state index contributed by atoms with van der Waals surface area (Å²) in [6, 6.07) is 12.5. The lowest BCUT2D eigenvalue weighted by Crippen LogP contribution is -2.12. The van der Waals surface area contributed by atoms with Gasteiger partial charge in [0.2, 0.25) is 0 Å². The number of nitrogens with zero attached hydrogens (tertiary/aromatic N) is 2. The molecule has 1 aliphatic rings. The number of aryl methyl sites for hydroxylation is 2. The van der Waals surface area contributed by atoms with E-state index in [0.717, 1.165) is 34.7 Å². The third kappa shape index (κ3) is 3.75. The molecule has 0 saturated heterocycles. The van der Waals surface area contributed by atoms with Crippen LogP contribution < -0.4 is 5.32 Å². The molecule has 1 aliphatic heterocycles. The fraction of sp³-hybridized carbons (Fsp3) is 0.250. The van der Waals surface area contributed by atoms with Crippen LogP contribution in [0.5, 0.6) is 0 Å². The van der Waals surface area contributed by atoms with Gasteiger partial charge in [-0.1, -0.05) is 18.2 Å². The maximum Gasteiger partial charge on any atom is 0.266 e. The smallest absolute Gasteiger partial charge is 0.266 e. The molecule has 0 unspecified atom stereocenters. The van der Waals surface area contributed by atoms with Gasteiger partial charge in [0.15, 0.2) is 0 Å². The van der Waals surface area contributed by atoms with Gasteiger partial charge in [-0.25, -0.2) is 9.37 Å². The molecule has 7 heteroatoms. The Balaban J connectivity index is 1.39. The number of benzene rings is 2. The molecule has 0 spiro atoms. The number of anilines is 1. The summed E-state index contributed by atoms with van der Waals surface area (Å²) in [5, 5.41) is 3.39. The molecule has 0 radical (unpaired) electrons. The van der Waals surface area contributed by atoms with Crippen LogP contribution in [0.25, 0.3) is 21.3 Å². The third-order valence-electron chi connectivity index (χ3n) is 5.61. The molecule has 1 amide bonds.